The summed E-state index contributed by atoms with van der Waals surface area (Å²) >= 11 is 0. The highest BCUT2D eigenvalue weighted by Gasteiger charge is 2.23. The molecule has 1 N–H and O–H groups in total. The van der Waals surface area contributed by atoms with E-state index in [1.165, 1.54) is 12.1 Å². The van der Waals surface area contributed by atoms with Crippen molar-refractivity contribution in [3.05, 3.63) is 54.2 Å². The number of halogens is 1. The summed E-state index contributed by atoms with van der Waals surface area (Å²) < 4.78 is 16.0. The summed E-state index contributed by atoms with van der Waals surface area (Å²) in [5.41, 5.74) is 2.96. The quantitative estimate of drug-likeness (QED) is 0.736. The van der Waals surface area contributed by atoms with Gasteiger partial charge in [-0.3, -0.25) is 15.1 Å². The predicted octanol–water partition coefficient (Wildman–Crippen LogP) is 3.40. The summed E-state index contributed by atoms with van der Waals surface area (Å²) in [5.74, 6) is -0.634. The fourth-order valence-electron chi connectivity index (χ4n) is 3.72. The van der Waals surface area contributed by atoms with Crippen molar-refractivity contribution in [1.82, 2.24) is 19.8 Å². The van der Waals surface area contributed by atoms with E-state index < -0.39 is 5.82 Å². The molecule has 1 saturated heterocycles. The molecule has 29 heavy (non-hydrogen) atoms. The van der Waals surface area contributed by atoms with Gasteiger partial charge in [-0.05, 0) is 51.1 Å². The third kappa shape index (κ3) is 3.58. The van der Waals surface area contributed by atoms with Gasteiger partial charge in [-0.2, -0.15) is 0 Å². The number of amides is 1. The number of pyridine rings is 1. The maximum atomic E-state index is 14.1. The highest BCUT2D eigenvalue weighted by atomic mass is 19.1. The van der Waals surface area contributed by atoms with Crippen LogP contribution in [0, 0.1) is 5.82 Å². The Kier molecular flexibility index (Phi) is 5.24. The number of nitrogens with one attached hydrogen (secondary N) is 1. The topological polar surface area (TPSA) is 53.4 Å². The van der Waals surface area contributed by atoms with Crippen LogP contribution >= 0.6 is 0 Å². The molecule has 0 atom stereocenters. The second-order valence-corrected chi connectivity index (χ2v) is 7.72. The number of hydrogen-bond acceptors (Lipinski definition) is 4. The second-order valence-electron chi connectivity index (χ2n) is 7.72. The highest BCUT2D eigenvalue weighted by molar-refractivity contribution is 6.00. The lowest BCUT2D eigenvalue weighted by atomic mass is 10.1. The number of hydrogen-bond donors (Lipinski definition) is 1. The molecule has 0 bridgehead atoms. The number of benzene rings is 1. The number of anilines is 1. The molecule has 1 aliphatic heterocycles. The molecular weight excluding hydrogens is 369 g/mol. The lowest BCUT2D eigenvalue weighted by molar-refractivity contribution is 0.0754. The van der Waals surface area contributed by atoms with E-state index in [0.29, 0.717) is 11.3 Å². The summed E-state index contributed by atoms with van der Waals surface area (Å²) in [6.45, 7) is 6.61. The van der Waals surface area contributed by atoms with E-state index >= 15 is 0 Å². The molecule has 152 valence electrons. The monoisotopic (exact) mass is 395 g/mol. The number of fused-ring (bicyclic) bond motifs is 1. The SMILES string of the molecule is CC(C)N(C)C(=O)c1cc(F)ccc1-n1cc(N2CCCNC2)c2ccncc21. The van der Waals surface area contributed by atoms with E-state index in [4.69, 9.17) is 0 Å². The van der Waals surface area contributed by atoms with Crippen LogP contribution in [0.5, 0.6) is 0 Å². The molecule has 1 aliphatic rings. The molecule has 7 heteroatoms. The van der Waals surface area contributed by atoms with E-state index in [2.05, 4.69) is 15.2 Å². The van der Waals surface area contributed by atoms with E-state index in [1.807, 2.05) is 30.7 Å². The van der Waals surface area contributed by atoms with Crippen LogP contribution in [-0.4, -0.2) is 53.2 Å². The van der Waals surface area contributed by atoms with Crippen molar-refractivity contribution in [3.8, 4) is 5.69 Å². The Balaban J connectivity index is 1.88. The first kappa shape index (κ1) is 19.4. The van der Waals surface area contributed by atoms with Crippen LogP contribution in [0.1, 0.15) is 30.6 Å². The van der Waals surface area contributed by atoms with Crippen molar-refractivity contribution in [2.75, 3.05) is 31.7 Å². The molecule has 3 aromatic rings. The normalized spacial score (nSPS) is 14.6. The molecule has 6 nitrogen and oxygen atoms in total. The molecule has 3 heterocycles. The van der Waals surface area contributed by atoms with Gasteiger partial charge in [0.15, 0.2) is 0 Å². The fourth-order valence-corrected chi connectivity index (χ4v) is 3.72. The zero-order chi connectivity index (χ0) is 20.5. The number of carbonyl (C=O) groups is 1. The minimum Gasteiger partial charge on any atom is -0.357 e. The van der Waals surface area contributed by atoms with Crippen molar-refractivity contribution < 1.29 is 9.18 Å². The summed E-state index contributed by atoms with van der Waals surface area (Å²) in [6, 6.07) is 6.38. The maximum absolute atomic E-state index is 14.1. The Morgan fingerprint density at radius 3 is 2.83 bits per heavy atom. The van der Waals surface area contributed by atoms with Crippen molar-refractivity contribution in [2.24, 2.45) is 0 Å². The van der Waals surface area contributed by atoms with Crippen LogP contribution in [0.15, 0.2) is 42.9 Å². The minimum atomic E-state index is -0.427. The Morgan fingerprint density at radius 2 is 2.10 bits per heavy atom. The van der Waals surface area contributed by atoms with Gasteiger partial charge >= 0.3 is 0 Å². The average molecular weight is 395 g/mol. The standard InChI is InChI=1S/C22H26FN5O/c1-15(2)26(3)22(29)18-11-16(23)5-6-19(18)28-13-21(27-10-4-8-25-14-27)17-7-9-24-12-20(17)28/h5-7,9,11-13,15,25H,4,8,10,14H2,1-3H3. The first-order valence-electron chi connectivity index (χ1n) is 9.95. The Bertz CT molecular complexity index is 1040. The van der Waals surface area contributed by atoms with Crippen molar-refractivity contribution in [1.29, 1.82) is 0 Å². The largest absolute Gasteiger partial charge is 0.357 e. The van der Waals surface area contributed by atoms with Gasteiger partial charge in [0.2, 0.25) is 0 Å². The Morgan fingerprint density at radius 1 is 1.28 bits per heavy atom. The molecule has 4 rings (SSSR count). The van der Waals surface area contributed by atoms with Gasteiger partial charge in [-0.25, -0.2) is 4.39 Å². The second kappa shape index (κ2) is 7.83. The maximum Gasteiger partial charge on any atom is 0.256 e. The van der Waals surface area contributed by atoms with Crippen LogP contribution in [0.25, 0.3) is 16.6 Å². The van der Waals surface area contributed by atoms with Crippen LogP contribution < -0.4 is 10.2 Å². The molecule has 0 aliphatic carbocycles. The Labute approximate surface area is 169 Å². The smallest absolute Gasteiger partial charge is 0.256 e. The van der Waals surface area contributed by atoms with Gasteiger partial charge in [0.05, 0.1) is 35.3 Å². The zero-order valence-corrected chi connectivity index (χ0v) is 17.0. The fraction of sp³-hybridized carbons (Fsp3) is 0.364. The molecule has 2 aromatic heterocycles. The third-order valence-electron chi connectivity index (χ3n) is 5.56. The first-order valence-corrected chi connectivity index (χ1v) is 9.95. The first-order chi connectivity index (χ1) is 14.0. The number of nitrogens with zero attached hydrogens (tertiary/aromatic N) is 4. The number of carbonyl (C=O) groups excluding carboxylic acids is 1. The number of aromatic nitrogens is 2. The van der Waals surface area contributed by atoms with Gasteiger partial charge < -0.3 is 14.4 Å². The van der Waals surface area contributed by atoms with Gasteiger partial charge in [0.1, 0.15) is 5.82 Å². The van der Waals surface area contributed by atoms with Crippen molar-refractivity contribution >= 4 is 22.5 Å². The van der Waals surface area contributed by atoms with Crippen LogP contribution in [0.4, 0.5) is 10.1 Å². The van der Waals surface area contributed by atoms with E-state index in [1.54, 1.807) is 30.4 Å². The molecule has 1 fully saturated rings. The van der Waals surface area contributed by atoms with Gasteiger partial charge in [-0.1, -0.05) is 0 Å². The lowest BCUT2D eigenvalue weighted by Crippen LogP contribution is -2.41. The van der Waals surface area contributed by atoms with E-state index in [9.17, 15) is 9.18 Å². The van der Waals surface area contributed by atoms with Gasteiger partial charge in [0, 0.05) is 37.4 Å². The lowest BCUT2D eigenvalue weighted by Gasteiger charge is -2.28. The summed E-state index contributed by atoms with van der Waals surface area (Å²) in [7, 11) is 1.74. The van der Waals surface area contributed by atoms with Crippen molar-refractivity contribution in [2.45, 2.75) is 26.3 Å². The van der Waals surface area contributed by atoms with E-state index in [0.717, 1.165) is 42.8 Å². The van der Waals surface area contributed by atoms with Crippen molar-refractivity contribution in [3.63, 3.8) is 0 Å². The van der Waals surface area contributed by atoms with Crippen LogP contribution in [0.3, 0.4) is 0 Å². The molecule has 0 spiro atoms. The zero-order valence-electron chi connectivity index (χ0n) is 17.0. The summed E-state index contributed by atoms with van der Waals surface area (Å²) in [5, 5.41) is 4.46. The molecule has 0 unspecified atom stereocenters. The molecular formula is C22H26FN5O. The third-order valence-corrected chi connectivity index (χ3v) is 5.56. The van der Waals surface area contributed by atoms with Gasteiger partial charge in [-0.15, -0.1) is 0 Å². The number of rotatable bonds is 4. The predicted molar refractivity (Wildman–Crippen MR) is 113 cm³/mol. The van der Waals surface area contributed by atoms with Crippen LogP contribution in [0.2, 0.25) is 0 Å². The minimum absolute atomic E-state index is 0.0108. The van der Waals surface area contributed by atoms with Gasteiger partial charge in [0.25, 0.3) is 5.91 Å². The molecule has 1 aromatic carbocycles. The summed E-state index contributed by atoms with van der Waals surface area (Å²) in [4.78, 5) is 21.3. The highest BCUT2D eigenvalue weighted by Crippen LogP contribution is 2.33. The van der Waals surface area contributed by atoms with Crippen LogP contribution in [-0.2, 0) is 0 Å². The Hall–Kier alpha value is -2.93. The molecule has 0 radical (unpaired) electrons. The van der Waals surface area contributed by atoms with E-state index in [-0.39, 0.29) is 11.9 Å². The molecule has 0 saturated carbocycles. The summed E-state index contributed by atoms with van der Waals surface area (Å²) in [6.07, 6.45) is 6.66. The average Bonchev–Trinajstić information content (AvgIpc) is 3.13. The molecule has 1 amide bonds.